The second kappa shape index (κ2) is 8.51. The Bertz CT molecular complexity index is 1150. The number of benzene rings is 1. The number of ether oxygens (including phenoxy) is 1. The molecular formula is C24H28N4O3. The van der Waals surface area contributed by atoms with Gasteiger partial charge in [-0.05, 0) is 49.2 Å². The minimum atomic E-state index is -0.111. The maximum Gasteiger partial charge on any atom is 0.251 e. The van der Waals surface area contributed by atoms with E-state index in [4.69, 9.17) is 9.72 Å². The lowest BCUT2D eigenvalue weighted by Gasteiger charge is -2.32. The van der Waals surface area contributed by atoms with Crippen LogP contribution in [0.4, 0.5) is 0 Å². The predicted octanol–water partition coefficient (Wildman–Crippen LogP) is 2.77. The number of aryl methyl sites for hydroxylation is 2. The summed E-state index contributed by atoms with van der Waals surface area (Å²) in [4.78, 5) is 30.7. The van der Waals surface area contributed by atoms with E-state index < -0.39 is 0 Å². The average molecular weight is 421 g/mol. The van der Waals surface area contributed by atoms with Crippen LogP contribution in [0.3, 0.4) is 0 Å². The molecule has 0 aliphatic carbocycles. The number of imidazole rings is 1. The largest absolute Gasteiger partial charge is 0.374 e. The zero-order chi connectivity index (χ0) is 22.1. The highest BCUT2D eigenvalue weighted by Gasteiger charge is 2.26. The van der Waals surface area contributed by atoms with Crippen molar-refractivity contribution in [1.29, 1.82) is 0 Å². The second-order valence-corrected chi connectivity index (χ2v) is 8.11. The number of nitrogens with zero attached hydrogens (tertiary/aromatic N) is 3. The fourth-order valence-corrected chi connectivity index (χ4v) is 4.17. The van der Waals surface area contributed by atoms with E-state index in [9.17, 15) is 9.59 Å². The van der Waals surface area contributed by atoms with Crippen LogP contribution in [0.2, 0.25) is 0 Å². The number of morpholine rings is 1. The highest BCUT2D eigenvalue weighted by atomic mass is 16.5. The second-order valence-electron chi connectivity index (χ2n) is 8.11. The minimum Gasteiger partial charge on any atom is -0.374 e. The molecule has 4 rings (SSSR count). The maximum atomic E-state index is 12.0. The number of carbonyl (C=O) groups is 2. The molecule has 31 heavy (non-hydrogen) atoms. The van der Waals surface area contributed by atoms with Gasteiger partial charge in [0.1, 0.15) is 5.65 Å². The summed E-state index contributed by atoms with van der Waals surface area (Å²) in [5.74, 6) is -0.0386. The minimum absolute atomic E-state index is 0.0722. The fourth-order valence-electron chi connectivity index (χ4n) is 4.17. The van der Waals surface area contributed by atoms with Gasteiger partial charge in [-0.3, -0.25) is 9.59 Å². The molecule has 1 fully saturated rings. The van der Waals surface area contributed by atoms with E-state index in [1.165, 1.54) is 0 Å². The third-order valence-corrected chi connectivity index (χ3v) is 5.86. The van der Waals surface area contributed by atoms with Gasteiger partial charge in [0.15, 0.2) is 0 Å². The summed E-state index contributed by atoms with van der Waals surface area (Å²) in [6.45, 7) is 7.38. The van der Waals surface area contributed by atoms with Crippen LogP contribution >= 0.6 is 0 Å². The average Bonchev–Trinajstić information content (AvgIpc) is 3.10. The molecule has 0 unspecified atom stereocenters. The van der Waals surface area contributed by atoms with Crippen LogP contribution < -0.4 is 5.32 Å². The van der Waals surface area contributed by atoms with Gasteiger partial charge in [0.25, 0.3) is 5.91 Å². The number of fused-ring (bicyclic) bond motifs is 1. The molecular weight excluding hydrogens is 392 g/mol. The van der Waals surface area contributed by atoms with Crippen molar-refractivity contribution in [2.45, 2.75) is 33.3 Å². The van der Waals surface area contributed by atoms with Crippen LogP contribution in [0, 0.1) is 13.8 Å². The topological polar surface area (TPSA) is 75.9 Å². The van der Waals surface area contributed by atoms with Crippen molar-refractivity contribution in [3.63, 3.8) is 0 Å². The first kappa shape index (κ1) is 21.1. The van der Waals surface area contributed by atoms with E-state index in [1.807, 2.05) is 43.1 Å². The normalized spacial score (nSPS) is 16.5. The van der Waals surface area contributed by atoms with Gasteiger partial charge in [-0.1, -0.05) is 6.07 Å². The van der Waals surface area contributed by atoms with Crippen molar-refractivity contribution < 1.29 is 14.3 Å². The summed E-state index contributed by atoms with van der Waals surface area (Å²) in [7, 11) is 1.63. The lowest BCUT2D eigenvalue weighted by Crippen LogP contribution is -2.45. The summed E-state index contributed by atoms with van der Waals surface area (Å²) in [6.07, 6.45) is 2.58. The Balaban J connectivity index is 1.77. The molecule has 7 nitrogen and oxygen atoms in total. The summed E-state index contributed by atoms with van der Waals surface area (Å²) < 4.78 is 8.10. The molecule has 1 aromatic carbocycles. The van der Waals surface area contributed by atoms with E-state index >= 15 is 0 Å². The monoisotopic (exact) mass is 420 g/mol. The number of hydrogen-bond acceptors (Lipinski definition) is 4. The van der Waals surface area contributed by atoms with Crippen molar-refractivity contribution in [1.82, 2.24) is 19.6 Å². The van der Waals surface area contributed by atoms with Gasteiger partial charge in [0.05, 0.1) is 24.1 Å². The Hall–Kier alpha value is -3.19. The van der Waals surface area contributed by atoms with Crippen LogP contribution in [0.15, 0.2) is 36.5 Å². The Morgan fingerprint density at radius 1 is 1.23 bits per heavy atom. The third-order valence-electron chi connectivity index (χ3n) is 5.86. The van der Waals surface area contributed by atoms with Crippen LogP contribution in [-0.2, 0) is 16.0 Å². The molecule has 162 valence electrons. The molecule has 0 bridgehead atoms. The van der Waals surface area contributed by atoms with E-state index in [0.717, 1.165) is 33.7 Å². The maximum absolute atomic E-state index is 12.0. The molecule has 2 aromatic heterocycles. The Kier molecular flexibility index (Phi) is 5.78. The number of rotatable bonds is 4. The molecule has 1 saturated heterocycles. The lowest BCUT2D eigenvalue weighted by molar-refractivity contribution is -0.136. The molecule has 1 aliphatic heterocycles. The molecule has 3 heterocycles. The van der Waals surface area contributed by atoms with Crippen molar-refractivity contribution in [2.75, 3.05) is 26.7 Å². The predicted molar refractivity (Wildman–Crippen MR) is 119 cm³/mol. The Morgan fingerprint density at radius 2 is 2.03 bits per heavy atom. The van der Waals surface area contributed by atoms with E-state index in [-0.39, 0.29) is 17.9 Å². The summed E-state index contributed by atoms with van der Waals surface area (Å²) in [5, 5.41) is 2.67. The summed E-state index contributed by atoms with van der Waals surface area (Å²) >= 11 is 0. The standard InChI is InChI=1S/C24H28N4O3/c1-15-7-8-28-21(13-19-14-27(17(3)29)9-10-31-19)23(26-22(28)11-15)20-6-5-18(12-16(20)2)24(30)25-4/h5-8,11-12,19H,9-10,13-14H2,1-4H3,(H,25,30)/t19-/m1/s1. The number of hydrogen-bond donors (Lipinski definition) is 1. The molecule has 1 atom stereocenters. The van der Waals surface area contributed by atoms with Crippen LogP contribution in [-0.4, -0.2) is 58.9 Å². The highest BCUT2D eigenvalue weighted by Crippen LogP contribution is 2.30. The van der Waals surface area contributed by atoms with Crippen LogP contribution in [0.25, 0.3) is 16.9 Å². The Morgan fingerprint density at radius 3 is 2.74 bits per heavy atom. The summed E-state index contributed by atoms with van der Waals surface area (Å²) in [6, 6.07) is 9.80. The van der Waals surface area contributed by atoms with Gasteiger partial charge in [-0.25, -0.2) is 4.98 Å². The summed E-state index contributed by atoms with van der Waals surface area (Å²) in [5.41, 5.74) is 6.53. The third kappa shape index (κ3) is 4.18. The van der Waals surface area contributed by atoms with E-state index in [0.29, 0.717) is 31.7 Å². The molecule has 0 saturated carbocycles. The zero-order valence-electron chi connectivity index (χ0n) is 18.4. The van der Waals surface area contributed by atoms with Crippen LogP contribution in [0.5, 0.6) is 0 Å². The Labute approximate surface area is 182 Å². The van der Waals surface area contributed by atoms with Gasteiger partial charge in [0.2, 0.25) is 5.91 Å². The quantitative estimate of drug-likeness (QED) is 0.704. The highest BCUT2D eigenvalue weighted by molar-refractivity contribution is 5.95. The number of nitrogens with one attached hydrogen (secondary N) is 1. The fraction of sp³-hybridized carbons (Fsp3) is 0.375. The van der Waals surface area contributed by atoms with Crippen LogP contribution in [0.1, 0.15) is 34.1 Å². The van der Waals surface area contributed by atoms with Crippen molar-refractivity contribution in [3.8, 4) is 11.3 Å². The number of carbonyl (C=O) groups excluding carboxylic acids is 2. The molecule has 3 aromatic rings. The molecule has 1 aliphatic rings. The first-order valence-electron chi connectivity index (χ1n) is 10.5. The number of amides is 2. The number of aromatic nitrogens is 2. The van der Waals surface area contributed by atoms with Gasteiger partial charge < -0.3 is 19.4 Å². The van der Waals surface area contributed by atoms with Crippen molar-refractivity contribution >= 4 is 17.5 Å². The van der Waals surface area contributed by atoms with Gasteiger partial charge in [0, 0.05) is 50.8 Å². The molecule has 7 heteroatoms. The smallest absolute Gasteiger partial charge is 0.251 e. The van der Waals surface area contributed by atoms with Gasteiger partial charge in [-0.2, -0.15) is 0 Å². The van der Waals surface area contributed by atoms with Gasteiger partial charge in [-0.15, -0.1) is 0 Å². The van der Waals surface area contributed by atoms with E-state index in [1.54, 1.807) is 14.0 Å². The van der Waals surface area contributed by atoms with Crippen molar-refractivity contribution in [2.24, 2.45) is 0 Å². The molecule has 0 spiro atoms. The zero-order valence-corrected chi connectivity index (χ0v) is 18.4. The first-order valence-corrected chi connectivity index (χ1v) is 10.5. The molecule has 2 amide bonds. The first-order chi connectivity index (χ1) is 14.9. The van der Waals surface area contributed by atoms with Gasteiger partial charge >= 0.3 is 0 Å². The molecule has 1 N–H and O–H groups in total. The molecule has 0 radical (unpaired) electrons. The lowest BCUT2D eigenvalue weighted by atomic mass is 9.99. The SMILES string of the molecule is CNC(=O)c1ccc(-c2nc3cc(C)ccn3c2C[C@@H]2CN(C(C)=O)CCO2)c(C)c1. The number of pyridine rings is 1. The van der Waals surface area contributed by atoms with E-state index in [2.05, 4.69) is 21.9 Å². The van der Waals surface area contributed by atoms with Crippen molar-refractivity contribution in [3.05, 3.63) is 58.9 Å².